The Balaban J connectivity index is 1.99. The van der Waals surface area contributed by atoms with Gasteiger partial charge in [-0.05, 0) is 43.5 Å². The van der Waals surface area contributed by atoms with Crippen molar-refractivity contribution in [1.82, 2.24) is 10.2 Å². The second kappa shape index (κ2) is 14.6. The molecule has 0 aliphatic carbocycles. The number of likely N-dealkylation sites (tertiary alicyclic amines) is 1. The Labute approximate surface area is 198 Å². The van der Waals surface area contributed by atoms with Crippen LogP contribution in [0.5, 0.6) is 0 Å². The highest BCUT2D eigenvalue weighted by molar-refractivity contribution is 6.32. The summed E-state index contributed by atoms with van der Waals surface area (Å²) < 4.78 is 18.8. The highest BCUT2D eigenvalue weighted by atomic mass is 35.5. The van der Waals surface area contributed by atoms with Crippen molar-refractivity contribution in [2.75, 3.05) is 33.4 Å². The van der Waals surface area contributed by atoms with Gasteiger partial charge in [0.2, 0.25) is 0 Å². The zero-order valence-electron chi connectivity index (χ0n) is 19.9. The van der Waals surface area contributed by atoms with E-state index < -0.39 is 5.82 Å². The van der Waals surface area contributed by atoms with E-state index in [1.807, 2.05) is 0 Å². The van der Waals surface area contributed by atoms with Crippen molar-refractivity contribution in [2.45, 2.75) is 71.3 Å². The first kappa shape index (κ1) is 26.7. The zero-order valence-corrected chi connectivity index (χ0v) is 20.7. The molecule has 2 unspecified atom stereocenters. The van der Waals surface area contributed by atoms with Gasteiger partial charge >= 0.3 is 0 Å². The van der Waals surface area contributed by atoms with Crippen LogP contribution in [0.15, 0.2) is 29.0 Å². The number of nitrogens with zero attached hydrogens (tertiary/aromatic N) is 2. The minimum absolute atomic E-state index is 0.240. The molecule has 1 aliphatic rings. The van der Waals surface area contributed by atoms with Gasteiger partial charge in [0, 0.05) is 31.8 Å². The van der Waals surface area contributed by atoms with Gasteiger partial charge in [-0.2, -0.15) is 5.11 Å². The average molecular weight is 467 g/mol. The highest BCUT2D eigenvalue weighted by Crippen LogP contribution is 2.28. The number of halogens is 2. The fraction of sp³-hybridized carbons (Fsp3) is 0.680. The molecule has 1 aliphatic heterocycles. The van der Waals surface area contributed by atoms with Crippen molar-refractivity contribution in [1.29, 1.82) is 5.53 Å². The first-order valence-electron chi connectivity index (χ1n) is 12.1. The molecule has 0 spiro atoms. The summed E-state index contributed by atoms with van der Waals surface area (Å²) in [6, 6.07) is 4.41. The van der Waals surface area contributed by atoms with E-state index in [0.29, 0.717) is 17.0 Å². The molecule has 1 saturated heterocycles. The van der Waals surface area contributed by atoms with Crippen molar-refractivity contribution in [3.8, 4) is 0 Å². The normalized spacial score (nSPS) is 18.5. The molecule has 7 heteroatoms. The van der Waals surface area contributed by atoms with Crippen LogP contribution in [0.1, 0.15) is 70.8 Å². The molecule has 2 atom stereocenters. The largest absolute Gasteiger partial charge is 0.381 e. The molecular weight excluding hydrogens is 427 g/mol. The van der Waals surface area contributed by atoms with Crippen LogP contribution < -0.4 is 5.32 Å². The molecule has 180 valence electrons. The summed E-state index contributed by atoms with van der Waals surface area (Å²) in [4.78, 5) is 2.53. The lowest BCUT2D eigenvalue weighted by Gasteiger charge is -2.22. The maximum absolute atomic E-state index is 13.5. The number of benzene rings is 1. The summed E-state index contributed by atoms with van der Waals surface area (Å²) in [5.74, 6) is 0.420. The molecule has 1 aromatic carbocycles. The van der Waals surface area contributed by atoms with E-state index in [1.165, 1.54) is 57.1 Å². The smallest absolute Gasteiger partial charge is 0.124 e. The zero-order chi connectivity index (χ0) is 23.3. The molecule has 2 N–H and O–H groups in total. The quantitative estimate of drug-likeness (QED) is 0.219. The van der Waals surface area contributed by atoms with Crippen LogP contribution >= 0.6 is 11.6 Å². The van der Waals surface area contributed by atoms with Crippen LogP contribution in [0, 0.1) is 17.3 Å². The molecule has 0 aromatic heterocycles. The summed E-state index contributed by atoms with van der Waals surface area (Å²) in [5, 5.41) is 7.49. The molecule has 0 bridgehead atoms. The van der Waals surface area contributed by atoms with E-state index in [1.54, 1.807) is 13.2 Å². The number of hydrogen-bond donors (Lipinski definition) is 2. The highest BCUT2D eigenvalue weighted by Gasteiger charge is 2.25. The number of unbranched alkanes of at least 4 members (excludes halogenated alkanes) is 2. The number of nitrogens with one attached hydrogen (secondary N) is 2. The Bertz CT molecular complexity index is 743. The maximum Gasteiger partial charge on any atom is 0.124 e. The summed E-state index contributed by atoms with van der Waals surface area (Å²) in [7, 11) is 1.61. The third-order valence-electron chi connectivity index (χ3n) is 6.29. The molecule has 32 heavy (non-hydrogen) atoms. The van der Waals surface area contributed by atoms with Crippen molar-refractivity contribution >= 4 is 17.3 Å². The summed E-state index contributed by atoms with van der Waals surface area (Å²) in [6.07, 6.45) is 10.2. The second-order valence-electron chi connectivity index (χ2n) is 8.87. The third kappa shape index (κ3) is 8.45. The monoisotopic (exact) mass is 466 g/mol. The van der Waals surface area contributed by atoms with Crippen molar-refractivity contribution in [3.63, 3.8) is 0 Å². The van der Waals surface area contributed by atoms with Crippen molar-refractivity contribution in [2.24, 2.45) is 11.0 Å². The minimum Gasteiger partial charge on any atom is -0.381 e. The second-order valence-corrected chi connectivity index (χ2v) is 9.27. The Morgan fingerprint density at radius 3 is 2.75 bits per heavy atom. The fourth-order valence-corrected chi connectivity index (χ4v) is 4.84. The third-order valence-corrected chi connectivity index (χ3v) is 6.60. The van der Waals surface area contributed by atoms with E-state index in [2.05, 4.69) is 29.2 Å². The Morgan fingerprint density at radius 1 is 1.28 bits per heavy atom. The molecule has 0 amide bonds. The fourth-order valence-electron chi connectivity index (χ4n) is 4.58. The predicted octanol–water partition coefficient (Wildman–Crippen LogP) is 6.88. The van der Waals surface area contributed by atoms with Crippen LogP contribution in [0.2, 0.25) is 5.02 Å². The summed E-state index contributed by atoms with van der Waals surface area (Å²) >= 11 is 6.23. The number of methoxy groups -OCH3 is 1. The standard InChI is InChI=1S/C25H40ClFN4O/c1-4-6-7-9-19(8-5-2)12-14-31-15-13-21(17-31)29-24(18-32-3)25(30-28)22-11-10-20(27)16-23(22)26/h10-11,16,19,21,28-29H,4-9,12-15,17-18H2,1-3H3/b25-24-,30-28?. The summed E-state index contributed by atoms with van der Waals surface area (Å²) in [5.41, 5.74) is 9.35. The molecule has 1 heterocycles. The predicted molar refractivity (Wildman–Crippen MR) is 130 cm³/mol. The van der Waals surface area contributed by atoms with Gasteiger partial charge in [0.1, 0.15) is 11.5 Å². The van der Waals surface area contributed by atoms with Crippen LogP contribution in [-0.2, 0) is 4.74 Å². The molecule has 1 aromatic rings. The number of rotatable bonds is 15. The van der Waals surface area contributed by atoms with Gasteiger partial charge in [-0.1, -0.05) is 64.0 Å². The SMILES string of the molecule is CCCCCC(CCC)CCN1CCC(N/C(COC)=C(\N=N)c2ccc(F)cc2Cl)C1. The lowest BCUT2D eigenvalue weighted by molar-refractivity contribution is 0.217. The Hall–Kier alpha value is -1.50. The molecule has 1 fully saturated rings. The van der Waals surface area contributed by atoms with E-state index in [0.717, 1.165) is 32.0 Å². The molecule has 5 nitrogen and oxygen atoms in total. The lowest BCUT2D eigenvalue weighted by Crippen LogP contribution is -2.34. The molecule has 0 radical (unpaired) electrons. The van der Waals surface area contributed by atoms with E-state index in [4.69, 9.17) is 21.9 Å². The van der Waals surface area contributed by atoms with Gasteiger partial charge in [0.15, 0.2) is 0 Å². The van der Waals surface area contributed by atoms with Crippen LogP contribution in [0.3, 0.4) is 0 Å². The number of ether oxygens (including phenoxy) is 1. The van der Waals surface area contributed by atoms with Crippen molar-refractivity contribution in [3.05, 3.63) is 40.3 Å². The lowest BCUT2D eigenvalue weighted by atomic mass is 9.93. The Morgan fingerprint density at radius 2 is 2.09 bits per heavy atom. The first-order chi connectivity index (χ1) is 15.5. The number of hydrogen-bond acceptors (Lipinski definition) is 5. The molecular formula is C25H40ClFN4O. The minimum atomic E-state index is -0.410. The van der Waals surface area contributed by atoms with Crippen LogP contribution in [0.4, 0.5) is 4.39 Å². The molecule has 2 rings (SSSR count). The van der Waals surface area contributed by atoms with E-state index in [9.17, 15) is 4.39 Å². The van der Waals surface area contributed by atoms with E-state index in [-0.39, 0.29) is 17.7 Å². The Kier molecular flexibility index (Phi) is 12.2. The van der Waals surface area contributed by atoms with Crippen molar-refractivity contribution < 1.29 is 9.13 Å². The van der Waals surface area contributed by atoms with Gasteiger partial charge in [-0.15, -0.1) is 0 Å². The van der Waals surface area contributed by atoms with Gasteiger partial charge in [-0.3, -0.25) is 0 Å². The maximum atomic E-state index is 13.5. The van der Waals surface area contributed by atoms with Crippen LogP contribution in [0.25, 0.3) is 5.70 Å². The van der Waals surface area contributed by atoms with Gasteiger partial charge in [0.25, 0.3) is 0 Å². The van der Waals surface area contributed by atoms with Gasteiger partial charge < -0.3 is 15.0 Å². The van der Waals surface area contributed by atoms with Crippen LogP contribution in [-0.4, -0.2) is 44.3 Å². The summed E-state index contributed by atoms with van der Waals surface area (Å²) in [6.45, 7) is 8.01. The van der Waals surface area contributed by atoms with Gasteiger partial charge in [0.05, 0.1) is 17.3 Å². The average Bonchev–Trinajstić information content (AvgIpc) is 3.21. The van der Waals surface area contributed by atoms with Gasteiger partial charge in [-0.25, -0.2) is 9.92 Å². The molecule has 0 saturated carbocycles. The topological polar surface area (TPSA) is 60.7 Å². The first-order valence-corrected chi connectivity index (χ1v) is 12.4. The van der Waals surface area contributed by atoms with E-state index >= 15 is 0 Å².